The molecule has 1 aromatic heterocycles. The van der Waals surface area contributed by atoms with Gasteiger partial charge < -0.3 is 10.1 Å². The van der Waals surface area contributed by atoms with Gasteiger partial charge >= 0.3 is 5.97 Å². The molecule has 1 N–H and O–H groups in total. The molecule has 7 nitrogen and oxygen atoms in total. The van der Waals surface area contributed by atoms with Crippen LogP contribution < -0.4 is 10.9 Å². The molecule has 2 aromatic rings. The second kappa shape index (κ2) is 7.16. The number of carbonyl (C=O) groups is 2. The quantitative estimate of drug-likeness (QED) is 0.800. The van der Waals surface area contributed by atoms with E-state index in [1.165, 1.54) is 19.2 Å². The van der Waals surface area contributed by atoms with Gasteiger partial charge in [-0.05, 0) is 11.6 Å². The maximum atomic E-state index is 11.8. The number of carbonyl (C=O) groups excluding carboxylic acids is 2. The number of aryl methyl sites for hydroxylation is 1. The number of hydrogen-bond donors (Lipinski definition) is 1. The van der Waals surface area contributed by atoms with E-state index in [1.54, 1.807) is 0 Å². The molecule has 0 spiro atoms. The Balaban J connectivity index is 1.81. The van der Waals surface area contributed by atoms with Gasteiger partial charge in [-0.25, -0.2) is 4.68 Å². The highest BCUT2D eigenvalue weighted by atomic mass is 16.5. The fraction of sp³-hybridized carbons (Fsp3) is 0.200. The van der Waals surface area contributed by atoms with Gasteiger partial charge in [0, 0.05) is 13.1 Å². The van der Waals surface area contributed by atoms with E-state index in [1.807, 2.05) is 30.3 Å². The molecule has 0 aliphatic rings. The Bertz CT molecular complexity index is 725. The molecule has 0 atom stereocenters. The first-order valence-electron chi connectivity index (χ1n) is 6.58. The van der Waals surface area contributed by atoms with E-state index in [9.17, 15) is 14.4 Å². The number of hydrogen-bond acceptors (Lipinski definition) is 5. The fourth-order valence-corrected chi connectivity index (χ4v) is 1.66. The van der Waals surface area contributed by atoms with Crippen LogP contribution in [0.25, 0.3) is 0 Å². The van der Waals surface area contributed by atoms with Gasteiger partial charge in [-0.2, -0.15) is 5.10 Å². The molecule has 0 bridgehead atoms. The van der Waals surface area contributed by atoms with Gasteiger partial charge in [0.25, 0.3) is 11.5 Å². The minimum Gasteiger partial charge on any atom is -0.460 e. The first-order valence-corrected chi connectivity index (χ1v) is 6.58. The van der Waals surface area contributed by atoms with Crippen molar-refractivity contribution in [2.24, 2.45) is 7.05 Å². The van der Waals surface area contributed by atoms with Gasteiger partial charge in [-0.1, -0.05) is 30.3 Å². The predicted octanol–water partition coefficient (Wildman–Crippen LogP) is 0.253. The molecule has 22 heavy (non-hydrogen) atoms. The van der Waals surface area contributed by atoms with Crippen molar-refractivity contribution in [1.29, 1.82) is 0 Å². The third-order valence-corrected chi connectivity index (χ3v) is 2.83. The number of nitrogens with one attached hydrogen (secondary N) is 1. The summed E-state index contributed by atoms with van der Waals surface area (Å²) >= 11 is 0. The average Bonchev–Trinajstić information content (AvgIpc) is 2.54. The number of esters is 1. The van der Waals surface area contributed by atoms with Crippen LogP contribution in [-0.4, -0.2) is 28.2 Å². The lowest BCUT2D eigenvalue weighted by Gasteiger charge is -2.06. The Kier molecular flexibility index (Phi) is 5.02. The van der Waals surface area contributed by atoms with Crippen molar-refractivity contribution in [2.75, 3.05) is 6.54 Å². The SMILES string of the molecule is Cn1nc(C(=O)NCC(=O)OCc2ccccc2)ccc1=O. The van der Waals surface area contributed by atoms with E-state index in [4.69, 9.17) is 4.74 Å². The molecular formula is C15H15N3O4. The Morgan fingerprint density at radius 3 is 2.59 bits per heavy atom. The molecule has 1 amide bonds. The van der Waals surface area contributed by atoms with Gasteiger partial charge in [-0.15, -0.1) is 0 Å². The van der Waals surface area contributed by atoms with E-state index in [0.29, 0.717) is 0 Å². The van der Waals surface area contributed by atoms with Crippen molar-refractivity contribution in [3.05, 3.63) is 64.1 Å². The van der Waals surface area contributed by atoms with Crippen LogP contribution in [0.5, 0.6) is 0 Å². The molecule has 1 heterocycles. The van der Waals surface area contributed by atoms with E-state index in [-0.39, 0.29) is 24.4 Å². The van der Waals surface area contributed by atoms with E-state index in [2.05, 4.69) is 10.4 Å². The third kappa shape index (κ3) is 4.27. The van der Waals surface area contributed by atoms with Crippen LogP contribution in [0.2, 0.25) is 0 Å². The highest BCUT2D eigenvalue weighted by molar-refractivity contribution is 5.93. The summed E-state index contributed by atoms with van der Waals surface area (Å²) < 4.78 is 6.07. The van der Waals surface area contributed by atoms with Crippen LogP contribution in [0.4, 0.5) is 0 Å². The highest BCUT2D eigenvalue weighted by Crippen LogP contribution is 2.00. The van der Waals surface area contributed by atoms with Crippen molar-refractivity contribution in [3.63, 3.8) is 0 Å². The molecule has 0 radical (unpaired) electrons. The molecule has 0 saturated heterocycles. The number of benzene rings is 1. The zero-order chi connectivity index (χ0) is 15.9. The van der Waals surface area contributed by atoms with Crippen molar-refractivity contribution in [2.45, 2.75) is 6.61 Å². The summed E-state index contributed by atoms with van der Waals surface area (Å²) in [5, 5.41) is 6.17. The lowest BCUT2D eigenvalue weighted by atomic mass is 10.2. The van der Waals surface area contributed by atoms with Crippen molar-refractivity contribution < 1.29 is 14.3 Å². The summed E-state index contributed by atoms with van der Waals surface area (Å²) in [6, 6.07) is 11.8. The van der Waals surface area contributed by atoms with Crippen molar-refractivity contribution >= 4 is 11.9 Å². The summed E-state index contributed by atoms with van der Waals surface area (Å²) in [7, 11) is 1.44. The smallest absolute Gasteiger partial charge is 0.325 e. The van der Waals surface area contributed by atoms with E-state index >= 15 is 0 Å². The lowest BCUT2D eigenvalue weighted by molar-refractivity contribution is -0.143. The molecule has 0 fully saturated rings. The molecule has 7 heteroatoms. The molecule has 0 aliphatic carbocycles. The Hall–Kier alpha value is -2.96. The van der Waals surface area contributed by atoms with Crippen LogP contribution in [0.15, 0.2) is 47.3 Å². The maximum Gasteiger partial charge on any atom is 0.325 e. The van der Waals surface area contributed by atoms with Crippen LogP contribution >= 0.6 is 0 Å². The maximum absolute atomic E-state index is 11.8. The minimum atomic E-state index is -0.554. The molecule has 0 aliphatic heterocycles. The van der Waals surface area contributed by atoms with Crippen LogP contribution in [-0.2, 0) is 23.2 Å². The summed E-state index contributed by atoms with van der Waals surface area (Å²) in [4.78, 5) is 34.5. The first kappa shape index (κ1) is 15.4. The Labute approximate surface area is 126 Å². The zero-order valence-electron chi connectivity index (χ0n) is 12.0. The molecule has 2 rings (SSSR count). The fourth-order valence-electron chi connectivity index (χ4n) is 1.66. The number of rotatable bonds is 5. The standard InChI is InChI=1S/C15H15N3O4/c1-18-13(19)8-7-12(17-18)15(21)16-9-14(20)22-10-11-5-3-2-4-6-11/h2-8H,9-10H2,1H3,(H,16,21). The van der Waals surface area contributed by atoms with Gasteiger partial charge in [0.05, 0.1) is 0 Å². The number of ether oxygens (including phenoxy) is 1. The van der Waals surface area contributed by atoms with Crippen molar-refractivity contribution in [1.82, 2.24) is 15.1 Å². The second-order valence-electron chi connectivity index (χ2n) is 4.51. The number of aromatic nitrogens is 2. The Morgan fingerprint density at radius 2 is 1.91 bits per heavy atom. The van der Waals surface area contributed by atoms with Crippen LogP contribution in [0.3, 0.4) is 0 Å². The molecule has 1 aromatic carbocycles. The average molecular weight is 301 g/mol. The van der Waals surface area contributed by atoms with Gasteiger partial charge in [0.2, 0.25) is 0 Å². The summed E-state index contributed by atoms with van der Waals surface area (Å²) in [5.74, 6) is -1.10. The molecule has 0 unspecified atom stereocenters. The topological polar surface area (TPSA) is 90.3 Å². The third-order valence-electron chi connectivity index (χ3n) is 2.83. The van der Waals surface area contributed by atoms with Gasteiger partial charge in [0.15, 0.2) is 0 Å². The van der Waals surface area contributed by atoms with E-state index in [0.717, 1.165) is 10.2 Å². The summed E-state index contributed by atoms with van der Waals surface area (Å²) in [6.07, 6.45) is 0. The highest BCUT2D eigenvalue weighted by Gasteiger charge is 2.11. The summed E-state index contributed by atoms with van der Waals surface area (Å²) in [6.45, 7) is -0.121. The van der Waals surface area contributed by atoms with Crippen molar-refractivity contribution in [3.8, 4) is 0 Å². The predicted molar refractivity (Wildman–Crippen MR) is 78.0 cm³/mol. The molecule has 0 saturated carbocycles. The molecule has 114 valence electrons. The normalized spacial score (nSPS) is 10.0. The zero-order valence-corrected chi connectivity index (χ0v) is 12.0. The molecular weight excluding hydrogens is 286 g/mol. The first-order chi connectivity index (χ1) is 10.6. The minimum absolute atomic E-state index is 0.0537. The lowest BCUT2D eigenvalue weighted by Crippen LogP contribution is -2.32. The Morgan fingerprint density at radius 1 is 1.18 bits per heavy atom. The number of nitrogens with zero attached hydrogens (tertiary/aromatic N) is 2. The number of amides is 1. The van der Waals surface area contributed by atoms with Gasteiger partial charge in [-0.3, -0.25) is 14.4 Å². The van der Waals surface area contributed by atoms with Crippen LogP contribution in [0.1, 0.15) is 16.1 Å². The largest absolute Gasteiger partial charge is 0.460 e. The van der Waals surface area contributed by atoms with Gasteiger partial charge in [0.1, 0.15) is 18.8 Å². The van der Waals surface area contributed by atoms with Crippen LogP contribution in [0, 0.1) is 0 Å². The van der Waals surface area contributed by atoms with E-state index < -0.39 is 11.9 Å². The second-order valence-corrected chi connectivity index (χ2v) is 4.51. The summed E-state index contributed by atoms with van der Waals surface area (Å²) in [5.41, 5.74) is 0.596. The monoisotopic (exact) mass is 301 g/mol.